The summed E-state index contributed by atoms with van der Waals surface area (Å²) in [5, 5.41) is 10.9. The number of phenolic OH excluding ortho intramolecular Hbond substituents is 1. The standard InChI is InChI=1S/C18H23N3O5S/c1-11(2)5-4-6-12-7-13-8-15(21-10-17(23)19-27(21,25)26)16(22)9-14(13)20(3)18(12)24/h7-9,11,22H,4-6,10H2,1-3H3,(H,19,23). The van der Waals surface area contributed by atoms with Crippen molar-refractivity contribution >= 4 is 32.7 Å². The van der Waals surface area contributed by atoms with Gasteiger partial charge in [0, 0.05) is 24.1 Å². The highest BCUT2D eigenvalue weighted by Crippen LogP contribution is 2.34. The van der Waals surface area contributed by atoms with E-state index in [9.17, 15) is 23.1 Å². The summed E-state index contributed by atoms with van der Waals surface area (Å²) in [6, 6.07) is 4.58. The molecule has 0 saturated carbocycles. The van der Waals surface area contributed by atoms with Crippen molar-refractivity contribution in [1.82, 2.24) is 9.29 Å². The van der Waals surface area contributed by atoms with E-state index in [-0.39, 0.29) is 17.0 Å². The lowest BCUT2D eigenvalue weighted by Gasteiger charge is -2.18. The van der Waals surface area contributed by atoms with Gasteiger partial charge in [-0.1, -0.05) is 20.3 Å². The summed E-state index contributed by atoms with van der Waals surface area (Å²) >= 11 is 0. The number of phenols is 1. The van der Waals surface area contributed by atoms with Crippen molar-refractivity contribution in [1.29, 1.82) is 0 Å². The van der Waals surface area contributed by atoms with Gasteiger partial charge in [0.15, 0.2) is 0 Å². The molecule has 1 aromatic carbocycles. The van der Waals surface area contributed by atoms with E-state index in [0.29, 0.717) is 28.8 Å². The minimum atomic E-state index is -4.03. The van der Waals surface area contributed by atoms with E-state index in [1.807, 2.05) is 4.72 Å². The molecule has 1 aliphatic heterocycles. The molecular formula is C18H23N3O5S. The van der Waals surface area contributed by atoms with Crippen LogP contribution in [-0.2, 0) is 28.5 Å². The second kappa shape index (κ2) is 6.88. The first-order valence-corrected chi connectivity index (χ1v) is 10.2. The van der Waals surface area contributed by atoms with E-state index in [4.69, 9.17) is 0 Å². The van der Waals surface area contributed by atoms with Gasteiger partial charge in [-0.25, -0.2) is 9.03 Å². The second-order valence-electron chi connectivity index (χ2n) is 7.26. The van der Waals surface area contributed by atoms with Crippen molar-refractivity contribution < 1.29 is 18.3 Å². The van der Waals surface area contributed by atoms with Crippen molar-refractivity contribution in [3.63, 3.8) is 0 Å². The SMILES string of the molecule is CC(C)CCCc1cc2cc(N3CC(=O)NS3(=O)=O)c(O)cc2n(C)c1=O. The number of hydrogen-bond donors (Lipinski definition) is 2. The summed E-state index contributed by atoms with van der Waals surface area (Å²) in [6.07, 6.45) is 2.50. The molecule has 0 radical (unpaired) electrons. The van der Waals surface area contributed by atoms with Crippen molar-refractivity contribution in [3.05, 3.63) is 34.1 Å². The Kier molecular flexibility index (Phi) is 4.90. The fourth-order valence-corrected chi connectivity index (χ4v) is 4.46. The van der Waals surface area contributed by atoms with Gasteiger partial charge in [-0.3, -0.25) is 9.59 Å². The molecular weight excluding hydrogens is 370 g/mol. The zero-order chi connectivity index (χ0) is 19.9. The lowest BCUT2D eigenvalue weighted by atomic mass is 10.0. The Morgan fingerprint density at radius 3 is 2.52 bits per heavy atom. The van der Waals surface area contributed by atoms with E-state index in [1.54, 1.807) is 13.1 Å². The van der Waals surface area contributed by atoms with Crippen molar-refractivity contribution in [3.8, 4) is 5.75 Å². The quantitative estimate of drug-likeness (QED) is 0.798. The number of carbonyl (C=O) groups is 1. The first-order chi connectivity index (χ1) is 12.6. The molecule has 2 N–H and O–H groups in total. The number of aromatic hydroxyl groups is 1. The molecule has 1 fully saturated rings. The van der Waals surface area contributed by atoms with Gasteiger partial charge >= 0.3 is 10.2 Å². The minimum absolute atomic E-state index is 0.00706. The number of pyridine rings is 1. The molecule has 1 aromatic heterocycles. The molecule has 0 spiro atoms. The summed E-state index contributed by atoms with van der Waals surface area (Å²) in [5.74, 6) is -0.433. The highest BCUT2D eigenvalue weighted by molar-refractivity contribution is 7.92. The fraction of sp³-hybridized carbons (Fsp3) is 0.444. The third-order valence-electron chi connectivity index (χ3n) is 4.71. The molecule has 3 rings (SSSR count). The van der Waals surface area contributed by atoms with E-state index in [0.717, 1.165) is 17.1 Å². The van der Waals surface area contributed by atoms with Gasteiger partial charge in [0.25, 0.3) is 11.5 Å². The van der Waals surface area contributed by atoms with Crippen LogP contribution in [0.2, 0.25) is 0 Å². The predicted octanol–water partition coefficient (Wildman–Crippen LogP) is 1.40. The van der Waals surface area contributed by atoms with Crippen molar-refractivity contribution in [2.75, 3.05) is 10.8 Å². The largest absolute Gasteiger partial charge is 0.506 e. The Bertz CT molecular complexity index is 1070. The van der Waals surface area contributed by atoms with Gasteiger partial charge in [-0.15, -0.1) is 0 Å². The zero-order valence-electron chi connectivity index (χ0n) is 15.5. The Morgan fingerprint density at radius 2 is 1.93 bits per heavy atom. The topological polar surface area (TPSA) is 109 Å². The highest BCUT2D eigenvalue weighted by Gasteiger charge is 2.35. The molecule has 0 bridgehead atoms. The van der Waals surface area contributed by atoms with Crippen molar-refractivity contribution in [2.24, 2.45) is 13.0 Å². The number of aryl methyl sites for hydroxylation is 2. The van der Waals surface area contributed by atoms with Gasteiger partial charge in [-0.2, -0.15) is 8.42 Å². The first kappa shape index (κ1) is 19.2. The van der Waals surface area contributed by atoms with Crippen LogP contribution >= 0.6 is 0 Å². The third-order valence-corrected chi connectivity index (χ3v) is 6.10. The molecule has 1 amide bonds. The summed E-state index contributed by atoms with van der Waals surface area (Å²) in [4.78, 5) is 24.1. The number of nitrogens with one attached hydrogen (secondary N) is 1. The lowest BCUT2D eigenvalue weighted by Crippen LogP contribution is -2.29. The van der Waals surface area contributed by atoms with E-state index < -0.39 is 22.7 Å². The van der Waals surface area contributed by atoms with Crippen LogP contribution in [-0.4, -0.2) is 30.5 Å². The number of aromatic nitrogens is 1. The number of amides is 1. The van der Waals surface area contributed by atoms with Gasteiger partial charge < -0.3 is 9.67 Å². The minimum Gasteiger partial charge on any atom is -0.506 e. The number of nitrogens with zero attached hydrogens (tertiary/aromatic N) is 2. The molecule has 2 heterocycles. The smallest absolute Gasteiger partial charge is 0.326 e. The number of rotatable bonds is 5. The molecule has 8 nitrogen and oxygen atoms in total. The van der Waals surface area contributed by atoms with Crippen LogP contribution < -0.4 is 14.6 Å². The average Bonchev–Trinajstić information content (AvgIpc) is 2.84. The number of anilines is 1. The Labute approximate surface area is 157 Å². The number of fused-ring (bicyclic) bond motifs is 1. The first-order valence-electron chi connectivity index (χ1n) is 8.79. The predicted molar refractivity (Wildman–Crippen MR) is 103 cm³/mol. The van der Waals surface area contributed by atoms with Crippen LogP contribution in [0.25, 0.3) is 10.9 Å². The lowest BCUT2D eigenvalue weighted by molar-refractivity contribution is -0.117. The van der Waals surface area contributed by atoms with Gasteiger partial charge in [-0.05, 0) is 30.9 Å². The molecule has 0 aliphatic carbocycles. The Morgan fingerprint density at radius 1 is 1.22 bits per heavy atom. The number of hydrogen-bond acceptors (Lipinski definition) is 5. The van der Waals surface area contributed by atoms with Crippen LogP contribution in [0, 0.1) is 5.92 Å². The molecule has 0 unspecified atom stereocenters. The molecule has 146 valence electrons. The Balaban J connectivity index is 2.09. The Hall–Kier alpha value is -2.55. The number of benzene rings is 1. The summed E-state index contributed by atoms with van der Waals surface area (Å²) in [7, 11) is -2.41. The van der Waals surface area contributed by atoms with E-state index in [2.05, 4.69) is 13.8 Å². The van der Waals surface area contributed by atoms with E-state index >= 15 is 0 Å². The van der Waals surface area contributed by atoms with Crippen LogP contribution in [0.3, 0.4) is 0 Å². The summed E-state index contributed by atoms with van der Waals surface area (Å²) in [6.45, 7) is 3.85. The maximum atomic E-state index is 12.6. The van der Waals surface area contributed by atoms with Crippen LogP contribution in [0.1, 0.15) is 32.3 Å². The number of carbonyl (C=O) groups excluding carboxylic acids is 1. The summed E-state index contributed by atoms with van der Waals surface area (Å²) in [5.41, 5.74) is 1.00. The molecule has 2 aromatic rings. The molecule has 9 heteroatoms. The molecule has 1 saturated heterocycles. The van der Waals surface area contributed by atoms with E-state index in [1.165, 1.54) is 16.7 Å². The van der Waals surface area contributed by atoms with Gasteiger partial charge in [0.1, 0.15) is 12.3 Å². The van der Waals surface area contributed by atoms with Crippen molar-refractivity contribution in [2.45, 2.75) is 33.1 Å². The monoisotopic (exact) mass is 393 g/mol. The van der Waals surface area contributed by atoms with Gasteiger partial charge in [0.05, 0.1) is 11.2 Å². The van der Waals surface area contributed by atoms with Gasteiger partial charge in [0.2, 0.25) is 0 Å². The van der Waals surface area contributed by atoms with Crippen LogP contribution in [0.4, 0.5) is 5.69 Å². The second-order valence-corrected chi connectivity index (χ2v) is 8.85. The molecule has 1 aliphatic rings. The fourth-order valence-electron chi connectivity index (χ4n) is 3.30. The highest BCUT2D eigenvalue weighted by atomic mass is 32.2. The normalized spacial score (nSPS) is 16.3. The maximum absolute atomic E-state index is 12.6. The molecule has 27 heavy (non-hydrogen) atoms. The zero-order valence-corrected chi connectivity index (χ0v) is 16.3. The summed E-state index contributed by atoms with van der Waals surface area (Å²) < 4.78 is 28.3. The van der Waals surface area contributed by atoms with Crippen LogP contribution in [0.15, 0.2) is 23.0 Å². The third kappa shape index (κ3) is 3.64. The molecule has 0 atom stereocenters. The van der Waals surface area contributed by atoms with Crippen LogP contribution in [0.5, 0.6) is 5.75 Å². The maximum Gasteiger partial charge on any atom is 0.326 e. The average molecular weight is 393 g/mol.